The van der Waals surface area contributed by atoms with E-state index in [1.165, 1.54) is 0 Å². The lowest BCUT2D eigenvalue weighted by Gasteiger charge is -2.28. The van der Waals surface area contributed by atoms with Crippen molar-refractivity contribution in [3.05, 3.63) is 88.2 Å². The summed E-state index contributed by atoms with van der Waals surface area (Å²) in [6.45, 7) is 1.36. The smallest absolute Gasteiger partial charge is 0.223 e. The normalized spacial score (nSPS) is 14.7. The standard InChI is InChI=1S/C21H20ClN3O/c22-18-8-6-16(7-9-18)19(15-4-2-1-3-5-15)12-21(26)25-11-10-20-17(14-25)13-23-24-20/h1-9,13,19H,10-12,14H2,(H,23,24)/t19-/m0/s1. The number of benzene rings is 2. The zero-order valence-corrected chi connectivity index (χ0v) is 15.1. The number of hydrogen-bond donors (Lipinski definition) is 1. The van der Waals surface area contributed by atoms with E-state index in [1.54, 1.807) is 0 Å². The van der Waals surface area contributed by atoms with Crippen LogP contribution in [0.5, 0.6) is 0 Å². The number of aromatic nitrogens is 2. The third-order valence-corrected chi connectivity index (χ3v) is 5.26. The predicted molar refractivity (Wildman–Crippen MR) is 102 cm³/mol. The molecule has 1 atom stereocenters. The molecule has 1 N–H and O–H groups in total. The van der Waals surface area contributed by atoms with E-state index in [2.05, 4.69) is 22.3 Å². The molecular weight excluding hydrogens is 346 g/mol. The quantitative estimate of drug-likeness (QED) is 0.754. The highest BCUT2D eigenvalue weighted by molar-refractivity contribution is 6.30. The van der Waals surface area contributed by atoms with Crippen molar-refractivity contribution >= 4 is 17.5 Å². The zero-order chi connectivity index (χ0) is 17.9. The molecule has 0 saturated heterocycles. The van der Waals surface area contributed by atoms with E-state index in [4.69, 9.17) is 11.6 Å². The Morgan fingerprint density at radius 1 is 1.12 bits per heavy atom. The third-order valence-electron chi connectivity index (χ3n) is 5.01. The number of hydrogen-bond acceptors (Lipinski definition) is 2. The number of H-pyrrole nitrogens is 1. The molecular formula is C21H20ClN3O. The molecule has 1 aliphatic heterocycles. The Kier molecular flexibility index (Phi) is 4.76. The molecule has 0 spiro atoms. The fourth-order valence-electron chi connectivity index (χ4n) is 3.55. The Hall–Kier alpha value is -2.59. The number of aromatic amines is 1. The van der Waals surface area contributed by atoms with Gasteiger partial charge in [0.1, 0.15) is 0 Å². The average Bonchev–Trinajstić information content (AvgIpc) is 3.15. The number of rotatable bonds is 4. The average molecular weight is 366 g/mol. The van der Waals surface area contributed by atoms with Crippen LogP contribution in [0, 0.1) is 0 Å². The van der Waals surface area contributed by atoms with Gasteiger partial charge >= 0.3 is 0 Å². The summed E-state index contributed by atoms with van der Waals surface area (Å²) in [5, 5.41) is 7.80. The first kappa shape index (κ1) is 16.9. The van der Waals surface area contributed by atoms with Crippen LogP contribution >= 0.6 is 11.6 Å². The Bertz CT molecular complexity index is 889. The number of fused-ring (bicyclic) bond motifs is 1. The molecule has 4 nitrogen and oxygen atoms in total. The molecule has 5 heteroatoms. The van der Waals surface area contributed by atoms with E-state index in [0.717, 1.165) is 35.3 Å². The molecule has 0 fully saturated rings. The molecule has 1 amide bonds. The van der Waals surface area contributed by atoms with Gasteiger partial charge in [0.05, 0.1) is 6.20 Å². The molecule has 0 bridgehead atoms. The molecule has 0 aliphatic carbocycles. The first-order chi connectivity index (χ1) is 12.7. The lowest BCUT2D eigenvalue weighted by Crippen LogP contribution is -2.36. The van der Waals surface area contributed by atoms with Gasteiger partial charge in [-0.15, -0.1) is 0 Å². The minimum Gasteiger partial charge on any atom is -0.338 e. The van der Waals surface area contributed by atoms with Crippen molar-refractivity contribution in [2.24, 2.45) is 0 Å². The maximum atomic E-state index is 13.0. The van der Waals surface area contributed by atoms with Crippen LogP contribution in [0.3, 0.4) is 0 Å². The van der Waals surface area contributed by atoms with E-state index in [0.29, 0.717) is 18.0 Å². The van der Waals surface area contributed by atoms with Crippen LogP contribution in [0.4, 0.5) is 0 Å². The van der Waals surface area contributed by atoms with E-state index in [-0.39, 0.29) is 11.8 Å². The van der Waals surface area contributed by atoms with E-state index in [1.807, 2.05) is 53.6 Å². The van der Waals surface area contributed by atoms with Crippen molar-refractivity contribution in [1.82, 2.24) is 15.1 Å². The van der Waals surface area contributed by atoms with Crippen LogP contribution in [-0.2, 0) is 17.8 Å². The molecule has 132 valence electrons. The van der Waals surface area contributed by atoms with Crippen molar-refractivity contribution in [3.63, 3.8) is 0 Å². The number of nitrogens with one attached hydrogen (secondary N) is 1. The first-order valence-electron chi connectivity index (χ1n) is 8.80. The maximum Gasteiger partial charge on any atom is 0.223 e. The Morgan fingerprint density at radius 3 is 2.62 bits per heavy atom. The summed E-state index contributed by atoms with van der Waals surface area (Å²) < 4.78 is 0. The minimum absolute atomic E-state index is 0.0201. The van der Waals surface area contributed by atoms with Crippen LogP contribution in [0.15, 0.2) is 60.8 Å². The van der Waals surface area contributed by atoms with Gasteiger partial charge in [0.15, 0.2) is 0 Å². The molecule has 2 heterocycles. The number of carbonyl (C=O) groups excluding carboxylic acids is 1. The number of amides is 1. The summed E-state index contributed by atoms with van der Waals surface area (Å²) in [4.78, 5) is 15.0. The fraction of sp³-hybridized carbons (Fsp3) is 0.238. The second kappa shape index (κ2) is 7.34. The fourth-order valence-corrected chi connectivity index (χ4v) is 3.67. The van der Waals surface area contributed by atoms with Crippen LogP contribution in [0.1, 0.15) is 34.7 Å². The molecule has 4 rings (SSSR count). The number of nitrogens with zero attached hydrogens (tertiary/aromatic N) is 2. The van der Waals surface area contributed by atoms with E-state index < -0.39 is 0 Å². The summed E-state index contributed by atoms with van der Waals surface area (Å²) in [6, 6.07) is 18.0. The van der Waals surface area contributed by atoms with Crippen LogP contribution in [0.25, 0.3) is 0 Å². The van der Waals surface area contributed by atoms with Crippen molar-refractivity contribution in [2.45, 2.75) is 25.3 Å². The third kappa shape index (κ3) is 3.51. The molecule has 3 aromatic rings. The van der Waals surface area contributed by atoms with Gasteiger partial charge in [-0.3, -0.25) is 9.89 Å². The van der Waals surface area contributed by atoms with Gasteiger partial charge in [-0.1, -0.05) is 54.1 Å². The van der Waals surface area contributed by atoms with Gasteiger partial charge in [-0.2, -0.15) is 5.10 Å². The summed E-state index contributed by atoms with van der Waals surface area (Å²) >= 11 is 6.04. The monoisotopic (exact) mass is 365 g/mol. The summed E-state index contributed by atoms with van der Waals surface area (Å²) in [6.07, 6.45) is 3.10. The largest absolute Gasteiger partial charge is 0.338 e. The lowest BCUT2D eigenvalue weighted by molar-refractivity contribution is -0.132. The Morgan fingerprint density at radius 2 is 1.85 bits per heavy atom. The predicted octanol–water partition coefficient (Wildman–Crippen LogP) is 4.17. The van der Waals surface area contributed by atoms with Crippen LogP contribution in [-0.4, -0.2) is 27.5 Å². The Balaban J connectivity index is 1.57. The summed E-state index contributed by atoms with van der Waals surface area (Å²) in [7, 11) is 0. The van der Waals surface area contributed by atoms with Crippen LogP contribution in [0.2, 0.25) is 5.02 Å². The van der Waals surface area contributed by atoms with E-state index >= 15 is 0 Å². The van der Waals surface area contributed by atoms with Gasteiger partial charge in [0.25, 0.3) is 0 Å². The molecule has 0 unspecified atom stereocenters. The number of carbonyl (C=O) groups is 1. The maximum absolute atomic E-state index is 13.0. The van der Waals surface area contributed by atoms with Gasteiger partial charge in [0, 0.05) is 48.1 Å². The van der Waals surface area contributed by atoms with Crippen molar-refractivity contribution < 1.29 is 4.79 Å². The van der Waals surface area contributed by atoms with Gasteiger partial charge in [0.2, 0.25) is 5.91 Å². The molecule has 1 aliphatic rings. The molecule has 26 heavy (non-hydrogen) atoms. The molecule has 0 radical (unpaired) electrons. The minimum atomic E-state index is 0.0201. The lowest BCUT2D eigenvalue weighted by atomic mass is 9.88. The molecule has 2 aromatic carbocycles. The Labute approximate surface area is 157 Å². The zero-order valence-electron chi connectivity index (χ0n) is 14.4. The number of halogens is 1. The highest BCUT2D eigenvalue weighted by Crippen LogP contribution is 2.30. The highest BCUT2D eigenvalue weighted by Gasteiger charge is 2.25. The van der Waals surface area contributed by atoms with Gasteiger partial charge < -0.3 is 4.90 Å². The van der Waals surface area contributed by atoms with Gasteiger partial charge in [-0.25, -0.2) is 0 Å². The van der Waals surface area contributed by atoms with Crippen molar-refractivity contribution in [1.29, 1.82) is 0 Å². The topological polar surface area (TPSA) is 49.0 Å². The molecule has 0 saturated carbocycles. The van der Waals surface area contributed by atoms with Crippen molar-refractivity contribution in [3.8, 4) is 0 Å². The summed E-state index contributed by atoms with van der Waals surface area (Å²) in [5.41, 5.74) is 4.51. The second-order valence-corrected chi connectivity index (χ2v) is 7.09. The second-order valence-electron chi connectivity index (χ2n) is 6.66. The van der Waals surface area contributed by atoms with Crippen LogP contribution < -0.4 is 0 Å². The van der Waals surface area contributed by atoms with E-state index in [9.17, 15) is 4.79 Å². The first-order valence-corrected chi connectivity index (χ1v) is 9.18. The van der Waals surface area contributed by atoms with Crippen molar-refractivity contribution in [2.75, 3.05) is 6.54 Å². The van der Waals surface area contributed by atoms with Gasteiger partial charge in [-0.05, 0) is 23.3 Å². The molecule has 1 aromatic heterocycles. The SMILES string of the molecule is O=C(C[C@@H](c1ccccc1)c1ccc(Cl)cc1)N1CCc2[nH]ncc2C1. The summed E-state index contributed by atoms with van der Waals surface area (Å²) in [5.74, 6) is 0.187. The highest BCUT2D eigenvalue weighted by atomic mass is 35.5.